The molecule has 0 saturated heterocycles. The molecular formula is C25H25N3S. The molecule has 4 heteroatoms. The van der Waals surface area contributed by atoms with Crippen molar-refractivity contribution in [3.63, 3.8) is 0 Å². The molecule has 0 saturated carbocycles. The Bertz CT molecular complexity index is 971. The first kappa shape index (κ1) is 19.3. The van der Waals surface area contributed by atoms with Crippen molar-refractivity contribution in [1.82, 2.24) is 9.36 Å². The third kappa shape index (κ3) is 5.30. The molecule has 0 fully saturated rings. The molecule has 29 heavy (non-hydrogen) atoms. The second-order valence-corrected chi connectivity index (χ2v) is 8.02. The van der Waals surface area contributed by atoms with Gasteiger partial charge in [0.2, 0.25) is 5.13 Å². The lowest BCUT2D eigenvalue weighted by Gasteiger charge is -2.18. The minimum Gasteiger partial charge on any atom is -0.360 e. The minimum absolute atomic E-state index is 0.366. The highest BCUT2D eigenvalue weighted by atomic mass is 32.1. The van der Waals surface area contributed by atoms with Crippen molar-refractivity contribution in [3.8, 4) is 0 Å². The van der Waals surface area contributed by atoms with Crippen LogP contribution >= 0.6 is 11.5 Å². The van der Waals surface area contributed by atoms with Gasteiger partial charge in [-0.15, -0.1) is 0 Å². The number of rotatable bonds is 8. The smallest absolute Gasteiger partial charge is 0.202 e. The van der Waals surface area contributed by atoms with Crippen LogP contribution in [-0.2, 0) is 6.42 Å². The van der Waals surface area contributed by atoms with Crippen molar-refractivity contribution < 1.29 is 0 Å². The van der Waals surface area contributed by atoms with Gasteiger partial charge in [-0.25, -0.2) is 4.98 Å². The number of anilines is 1. The summed E-state index contributed by atoms with van der Waals surface area (Å²) in [6, 6.07) is 30.0. The van der Waals surface area contributed by atoms with E-state index in [1.54, 1.807) is 0 Å². The number of hydrogen-bond donors (Lipinski definition) is 1. The van der Waals surface area contributed by atoms with Crippen molar-refractivity contribution in [3.05, 3.63) is 113 Å². The topological polar surface area (TPSA) is 37.8 Å². The summed E-state index contributed by atoms with van der Waals surface area (Å²) in [4.78, 5) is 4.67. The van der Waals surface area contributed by atoms with E-state index in [2.05, 4.69) is 107 Å². The number of nitrogens with zero attached hydrogens (tertiary/aromatic N) is 2. The van der Waals surface area contributed by atoms with E-state index in [0.717, 1.165) is 30.3 Å². The number of nitrogens with one attached hydrogen (secondary N) is 1. The van der Waals surface area contributed by atoms with Gasteiger partial charge in [-0.1, -0.05) is 90.5 Å². The van der Waals surface area contributed by atoms with Gasteiger partial charge in [0.1, 0.15) is 5.82 Å². The third-order valence-electron chi connectivity index (χ3n) is 5.06. The second-order valence-electron chi connectivity index (χ2n) is 7.27. The van der Waals surface area contributed by atoms with Crippen molar-refractivity contribution in [1.29, 1.82) is 0 Å². The molecule has 0 unspecified atom stereocenters. The van der Waals surface area contributed by atoms with E-state index in [1.165, 1.54) is 33.8 Å². The van der Waals surface area contributed by atoms with E-state index in [9.17, 15) is 0 Å². The van der Waals surface area contributed by atoms with Crippen molar-refractivity contribution in [2.24, 2.45) is 0 Å². The van der Waals surface area contributed by atoms with Crippen LogP contribution in [0.2, 0.25) is 0 Å². The Morgan fingerprint density at radius 2 is 1.45 bits per heavy atom. The first-order valence-electron chi connectivity index (χ1n) is 10.00. The first-order valence-corrected chi connectivity index (χ1v) is 10.8. The van der Waals surface area contributed by atoms with Crippen LogP contribution in [0.1, 0.15) is 40.4 Å². The summed E-state index contributed by atoms with van der Waals surface area (Å²) < 4.78 is 4.52. The van der Waals surface area contributed by atoms with Crippen LogP contribution in [0.25, 0.3) is 0 Å². The quantitative estimate of drug-likeness (QED) is 0.391. The van der Waals surface area contributed by atoms with Gasteiger partial charge in [-0.05, 0) is 30.0 Å². The molecule has 0 amide bonds. The molecule has 4 rings (SSSR count). The van der Waals surface area contributed by atoms with Crippen LogP contribution in [0.5, 0.6) is 0 Å². The van der Waals surface area contributed by atoms with Crippen LogP contribution in [-0.4, -0.2) is 15.9 Å². The average molecular weight is 400 g/mol. The molecule has 0 bridgehead atoms. The van der Waals surface area contributed by atoms with Crippen LogP contribution in [0.4, 0.5) is 5.13 Å². The summed E-state index contributed by atoms with van der Waals surface area (Å²) in [6.45, 7) is 2.96. The fourth-order valence-electron chi connectivity index (χ4n) is 3.51. The average Bonchev–Trinajstić information content (AvgIpc) is 3.21. The molecule has 0 atom stereocenters. The van der Waals surface area contributed by atoms with E-state index in [4.69, 9.17) is 0 Å². The Kier molecular flexibility index (Phi) is 6.32. The van der Waals surface area contributed by atoms with Crippen LogP contribution < -0.4 is 5.32 Å². The van der Waals surface area contributed by atoms with Gasteiger partial charge in [0.05, 0.1) is 0 Å². The lowest BCUT2D eigenvalue weighted by atomic mass is 9.88. The van der Waals surface area contributed by atoms with Crippen LogP contribution in [0.3, 0.4) is 0 Å². The van der Waals surface area contributed by atoms with E-state index >= 15 is 0 Å². The Morgan fingerprint density at radius 1 is 0.828 bits per heavy atom. The summed E-state index contributed by atoms with van der Waals surface area (Å²) in [5.41, 5.74) is 5.21. The number of aromatic nitrogens is 2. The van der Waals surface area contributed by atoms with Gasteiger partial charge >= 0.3 is 0 Å². The third-order valence-corrected chi connectivity index (χ3v) is 5.77. The maximum absolute atomic E-state index is 4.67. The lowest BCUT2D eigenvalue weighted by Crippen LogP contribution is -2.09. The zero-order chi connectivity index (χ0) is 19.9. The van der Waals surface area contributed by atoms with E-state index in [-0.39, 0.29) is 0 Å². The molecular weight excluding hydrogens is 374 g/mol. The van der Waals surface area contributed by atoms with Crippen LogP contribution in [0.15, 0.2) is 84.9 Å². The fourth-order valence-corrected chi connectivity index (χ4v) is 4.12. The highest BCUT2D eigenvalue weighted by molar-refractivity contribution is 7.09. The van der Waals surface area contributed by atoms with Crippen molar-refractivity contribution in [2.45, 2.75) is 25.7 Å². The number of aryl methyl sites for hydroxylation is 1. The molecule has 1 aromatic heterocycles. The second kappa shape index (κ2) is 9.48. The zero-order valence-corrected chi connectivity index (χ0v) is 17.4. The highest BCUT2D eigenvalue weighted by Crippen LogP contribution is 2.28. The summed E-state index contributed by atoms with van der Waals surface area (Å²) in [5, 5.41) is 4.37. The molecule has 1 N–H and O–H groups in total. The number of hydrogen-bond acceptors (Lipinski definition) is 4. The Balaban J connectivity index is 1.38. The van der Waals surface area contributed by atoms with Gasteiger partial charge in [-0.3, -0.25) is 0 Å². The largest absolute Gasteiger partial charge is 0.360 e. The monoisotopic (exact) mass is 399 g/mol. The molecule has 1 heterocycles. The normalized spacial score (nSPS) is 11.0. The Hall–Kier alpha value is -2.98. The minimum atomic E-state index is 0.366. The molecule has 0 radical (unpaired) electrons. The predicted molar refractivity (Wildman–Crippen MR) is 122 cm³/mol. The standard InChI is InChI=1S/C25H25N3S/c1-19-12-14-20(15-13-19)18-24-27-25(29-28-24)26-17-16-23(21-8-4-2-5-9-21)22-10-6-3-7-11-22/h2-15,23H,16-18H2,1H3,(H,26,27,28). The summed E-state index contributed by atoms with van der Waals surface area (Å²) >= 11 is 1.44. The molecule has 0 spiro atoms. The Morgan fingerprint density at radius 3 is 2.07 bits per heavy atom. The highest BCUT2D eigenvalue weighted by Gasteiger charge is 2.14. The fraction of sp³-hybridized carbons (Fsp3) is 0.200. The van der Waals surface area contributed by atoms with Crippen molar-refractivity contribution in [2.75, 3.05) is 11.9 Å². The molecule has 0 aliphatic carbocycles. The lowest BCUT2D eigenvalue weighted by molar-refractivity contribution is 0.744. The molecule has 0 aliphatic heterocycles. The summed E-state index contributed by atoms with van der Waals surface area (Å²) in [5.74, 6) is 1.24. The van der Waals surface area contributed by atoms with E-state index in [0.29, 0.717) is 5.92 Å². The summed E-state index contributed by atoms with van der Waals surface area (Å²) in [7, 11) is 0. The van der Waals surface area contributed by atoms with Crippen LogP contribution in [0, 0.1) is 6.92 Å². The number of benzene rings is 3. The molecule has 3 nitrogen and oxygen atoms in total. The van der Waals surface area contributed by atoms with E-state index < -0.39 is 0 Å². The molecule has 146 valence electrons. The zero-order valence-electron chi connectivity index (χ0n) is 16.6. The van der Waals surface area contributed by atoms with Gasteiger partial charge < -0.3 is 5.32 Å². The van der Waals surface area contributed by atoms with Gasteiger partial charge in [-0.2, -0.15) is 4.37 Å². The Labute approximate surface area is 176 Å². The molecule has 3 aromatic carbocycles. The molecule has 0 aliphatic rings. The SMILES string of the molecule is Cc1ccc(Cc2nsc(NCCC(c3ccccc3)c3ccccc3)n2)cc1. The van der Waals surface area contributed by atoms with Gasteiger partial charge in [0.15, 0.2) is 0 Å². The van der Waals surface area contributed by atoms with E-state index in [1.807, 2.05) is 0 Å². The summed E-state index contributed by atoms with van der Waals surface area (Å²) in [6.07, 6.45) is 1.77. The molecule has 4 aromatic rings. The van der Waals surface area contributed by atoms with Crippen molar-refractivity contribution >= 4 is 16.7 Å². The van der Waals surface area contributed by atoms with Gasteiger partial charge in [0.25, 0.3) is 0 Å². The maximum Gasteiger partial charge on any atom is 0.202 e. The predicted octanol–water partition coefficient (Wildman–Crippen LogP) is 6.07. The first-order chi connectivity index (χ1) is 14.3. The maximum atomic E-state index is 4.67. The van der Waals surface area contributed by atoms with Gasteiger partial charge in [0, 0.05) is 30.4 Å².